The average molecular weight is 1130 g/mol. The molecule has 0 atom stereocenters. The molecule has 0 saturated carbocycles. The zero-order valence-electron chi connectivity index (χ0n) is 47.2. The van der Waals surface area contributed by atoms with Crippen molar-refractivity contribution in [2.24, 2.45) is 0 Å². The van der Waals surface area contributed by atoms with Crippen LogP contribution in [0.25, 0.3) is 79.2 Å². The molecule has 8 aromatic carbocycles. The molecule has 0 saturated heterocycles. The van der Waals surface area contributed by atoms with E-state index in [1.165, 1.54) is 0 Å². The van der Waals surface area contributed by atoms with Crippen molar-refractivity contribution >= 4 is 68.2 Å². The second-order valence-corrected chi connectivity index (χ2v) is 21.3. The summed E-state index contributed by atoms with van der Waals surface area (Å²) in [4.78, 5) is 49.7. The van der Waals surface area contributed by atoms with Crippen molar-refractivity contribution in [1.29, 1.82) is 0 Å². The molecule has 8 heterocycles. The number of rotatable bonds is 11. The number of hydrogen-bond acceptors (Lipinski definition) is 12. The van der Waals surface area contributed by atoms with E-state index in [0.29, 0.717) is 45.8 Å². The topological polar surface area (TPSA) is 116 Å². The summed E-state index contributed by atoms with van der Waals surface area (Å²) in [6.45, 7) is 0. The fourth-order valence-electron chi connectivity index (χ4n) is 12.1. The van der Waals surface area contributed by atoms with Crippen LogP contribution in [-0.2, 0) is 0 Å². The lowest BCUT2D eigenvalue weighted by atomic mass is 9.90. The molecule has 0 radical (unpaired) electrons. The molecule has 12 nitrogen and oxygen atoms in total. The number of anilines is 12. The lowest BCUT2D eigenvalue weighted by molar-refractivity contribution is 1.15. The summed E-state index contributed by atoms with van der Waals surface area (Å²) in [7, 11) is 0. The zero-order chi connectivity index (χ0) is 58.3. The molecule has 0 fully saturated rings. The van der Waals surface area contributed by atoms with Gasteiger partial charge in [-0.15, -0.1) is 0 Å². The molecule has 0 spiro atoms. The van der Waals surface area contributed by atoms with Gasteiger partial charge in [0.2, 0.25) is 0 Å². The highest BCUT2D eigenvalue weighted by atomic mass is 15.3. The van der Waals surface area contributed by atoms with E-state index in [1.807, 2.05) is 60.7 Å². The Labute approximate surface area is 508 Å². The SMILES string of the molecule is c1ccc(N2c3ccccc3N(c3ccc(-c4ccc(N5c6ccccc6N(c6ccccc6)c6ccccc65)cc4-c4cc(-c5ccccn5)nc(-c5cccnc5)n4)c(-c4cc(-c5ccccn5)nc(-c5cccnc5)n4)c3)c3ccccc32)cc1. The summed E-state index contributed by atoms with van der Waals surface area (Å²) in [5.41, 5.74) is 21.3. The maximum Gasteiger partial charge on any atom is 0.162 e. The molecule has 414 valence electrons. The molecule has 0 amide bonds. The Hall–Kier alpha value is -12.3. The summed E-state index contributed by atoms with van der Waals surface area (Å²) in [6, 6.07) is 92.6. The Morgan fingerprint density at radius 1 is 0.216 bits per heavy atom. The third kappa shape index (κ3) is 9.21. The minimum Gasteiger partial charge on any atom is -0.306 e. The van der Waals surface area contributed by atoms with Crippen molar-refractivity contribution in [3.05, 3.63) is 304 Å². The van der Waals surface area contributed by atoms with E-state index in [9.17, 15) is 0 Å². The monoisotopic (exact) mass is 1130 g/mol. The number of pyridine rings is 4. The first-order valence-corrected chi connectivity index (χ1v) is 29.0. The zero-order valence-corrected chi connectivity index (χ0v) is 47.2. The third-order valence-electron chi connectivity index (χ3n) is 16.0. The first-order valence-electron chi connectivity index (χ1n) is 29.0. The van der Waals surface area contributed by atoms with Crippen LogP contribution in [0.2, 0.25) is 0 Å². The van der Waals surface area contributed by atoms with Crippen LogP contribution < -0.4 is 19.6 Å². The van der Waals surface area contributed by atoms with Gasteiger partial charge in [0.1, 0.15) is 0 Å². The van der Waals surface area contributed by atoms with E-state index in [0.717, 1.165) is 102 Å². The molecule has 2 aliphatic rings. The number of para-hydroxylation sites is 10. The Kier molecular flexibility index (Phi) is 12.9. The van der Waals surface area contributed by atoms with Gasteiger partial charge in [-0.1, -0.05) is 109 Å². The van der Waals surface area contributed by atoms with Gasteiger partial charge in [-0.2, -0.15) is 0 Å². The van der Waals surface area contributed by atoms with Crippen LogP contribution in [0.15, 0.2) is 304 Å². The summed E-state index contributed by atoms with van der Waals surface area (Å²) in [5.74, 6) is 1.02. The van der Waals surface area contributed by atoms with E-state index in [2.05, 4.69) is 236 Å². The Balaban J connectivity index is 0.979. The van der Waals surface area contributed by atoms with E-state index in [4.69, 9.17) is 29.9 Å². The van der Waals surface area contributed by atoms with Crippen molar-refractivity contribution in [2.45, 2.75) is 0 Å². The molecule has 0 aliphatic carbocycles. The maximum absolute atomic E-state index is 5.54. The Morgan fingerprint density at radius 2 is 0.545 bits per heavy atom. The smallest absolute Gasteiger partial charge is 0.162 e. The first-order chi connectivity index (χ1) is 43.7. The molecule has 0 bridgehead atoms. The van der Waals surface area contributed by atoms with Crippen molar-refractivity contribution in [1.82, 2.24) is 39.9 Å². The number of fused-ring (bicyclic) bond motifs is 4. The van der Waals surface area contributed by atoms with Gasteiger partial charge in [-0.3, -0.25) is 19.9 Å². The summed E-state index contributed by atoms with van der Waals surface area (Å²) < 4.78 is 0. The summed E-state index contributed by atoms with van der Waals surface area (Å²) in [6.07, 6.45) is 10.7. The van der Waals surface area contributed by atoms with Crippen molar-refractivity contribution < 1.29 is 0 Å². The molecule has 88 heavy (non-hydrogen) atoms. The van der Waals surface area contributed by atoms with Crippen LogP contribution in [-0.4, -0.2) is 39.9 Å². The number of aromatic nitrogens is 8. The maximum atomic E-state index is 5.54. The summed E-state index contributed by atoms with van der Waals surface area (Å²) in [5, 5.41) is 0. The van der Waals surface area contributed by atoms with Gasteiger partial charge in [-0.25, -0.2) is 19.9 Å². The average Bonchev–Trinajstić information content (AvgIpc) is 0.868. The van der Waals surface area contributed by atoms with Gasteiger partial charge in [-0.05, 0) is 169 Å². The van der Waals surface area contributed by atoms with Gasteiger partial charge in [0, 0.05) is 82.2 Å². The number of hydrogen-bond donors (Lipinski definition) is 0. The molecule has 12 heteroatoms. The van der Waals surface area contributed by atoms with Crippen LogP contribution in [0.4, 0.5) is 68.2 Å². The molecular formula is C76H50N12. The number of nitrogens with zero attached hydrogens (tertiary/aromatic N) is 12. The molecule has 0 unspecified atom stereocenters. The van der Waals surface area contributed by atoms with Gasteiger partial charge in [0.25, 0.3) is 0 Å². The molecule has 14 aromatic rings. The van der Waals surface area contributed by atoms with E-state index < -0.39 is 0 Å². The first kappa shape index (κ1) is 51.4. The lowest BCUT2D eigenvalue weighted by Gasteiger charge is -2.40. The van der Waals surface area contributed by atoms with Crippen LogP contribution in [0.1, 0.15) is 0 Å². The predicted octanol–water partition coefficient (Wildman–Crippen LogP) is 19.0. The van der Waals surface area contributed by atoms with Crippen LogP contribution in [0.3, 0.4) is 0 Å². The summed E-state index contributed by atoms with van der Waals surface area (Å²) >= 11 is 0. The van der Waals surface area contributed by atoms with Gasteiger partial charge < -0.3 is 19.6 Å². The van der Waals surface area contributed by atoms with Gasteiger partial charge >= 0.3 is 0 Å². The van der Waals surface area contributed by atoms with Crippen LogP contribution in [0.5, 0.6) is 0 Å². The third-order valence-corrected chi connectivity index (χ3v) is 16.0. The highest BCUT2D eigenvalue weighted by Gasteiger charge is 2.33. The van der Waals surface area contributed by atoms with Crippen LogP contribution >= 0.6 is 0 Å². The molecule has 16 rings (SSSR count). The van der Waals surface area contributed by atoms with Crippen molar-refractivity contribution in [2.75, 3.05) is 19.6 Å². The molecular weight excluding hydrogens is 1080 g/mol. The second kappa shape index (κ2) is 22.0. The van der Waals surface area contributed by atoms with Crippen molar-refractivity contribution in [3.8, 4) is 79.2 Å². The molecule has 2 aliphatic heterocycles. The standard InChI is InChI=1S/C76H50N12/c1-3-23-53(24-4-1)85-67-29-7-11-33-71(67)87(72-34-12-8-30-68(72)85)55-37-39-57(59(45-55)63-47-65(61-27-15-17-43-79-61)83-75(81-63)51-21-19-41-77-49-51)58-40-38-56(46-60(58)64-48-66(62-28-16-18-44-80-62)84-76(82-64)52-22-20-42-78-50-52)88-73-35-13-9-31-69(73)86(54-25-5-2-6-26-54)70-32-10-14-36-74(70)88/h1-50H. The largest absolute Gasteiger partial charge is 0.306 e. The minimum atomic E-state index is 0.509. The Bertz CT molecular complexity index is 4360. The number of benzene rings is 8. The highest BCUT2D eigenvalue weighted by Crippen LogP contribution is 2.57. The molecule has 0 N–H and O–H groups in total. The fourth-order valence-corrected chi connectivity index (χ4v) is 12.1. The normalized spacial score (nSPS) is 12.2. The minimum absolute atomic E-state index is 0.509. The molecule has 6 aromatic heterocycles. The van der Waals surface area contributed by atoms with Crippen molar-refractivity contribution in [3.63, 3.8) is 0 Å². The van der Waals surface area contributed by atoms with Gasteiger partial charge in [0.05, 0.1) is 79.7 Å². The Morgan fingerprint density at radius 3 is 0.875 bits per heavy atom. The van der Waals surface area contributed by atoms with E-state index >= 15 is 0 Å². The predicted molar refractivity (Wildman–Crippen MR) is 353 cm³/mol. The highest BCUT2D eigenvalue weighted by molar-refractivity contribution is 6.05. The quantitative estimate of drug-likeness (QED) is 0.123. The van der Waals surface area contributed by atoms with E-state index in [-0.39, 0.29) is 0 Å². The fraction of sp³-hybridized carbons (Fsp3) is 0. The van der Waals surface area contributed by atoms with Gasteiger partial charge in [0.15, 0.2) is 11.6 Å². The van der Waals surface area contributed by atoms with Crippen LogP contribution in [0, 0.1) is 0 Å². The van der Waals surface area contributed by atoms with E-state index in [1.54, 1.807) is 37.2 Å². The second-order valence-electron chi connectivity index (χ2n) is 21.3. The lowest BCUT2D eigenvalue weighted by Crippen LogP contribution is -2.24.